The molecule has 0 bridgehead atoms. The van der Waals surface area contributed by atoms with Crippen LogP contribution in [0.3, 0.4) is 0 Å². The number of rotatable bonds is 0. The molecule has 0 saturated heterocycles. The minimum atomic E-state index is 0. The highest BCUT2D eigenvalue weighted by Gasteiger charge is 1.58. The molecule has 0 aromatic rings. The second-order valence-corrected chi connectivity index (χ2v) is 10.0. The van der Waals surface area contributed by atoms with Crippen molar-refractivity contribution in [3.05, 3.63) is 9.93 Å². The molecule has 0 amide bonds. The highest BCUT2D eigenvalue weighted by atomic mass is 17.4. The van der Waals surface area contributed by atoms with Crippen LogP contribution in [0.5, 0.6) is 0 Å². The van der Waals surface area contributed by atoms with Crippen molar-refractivity contribution < 1.29 is 21.0 Å². The first-order chi connectivity index (χ1) is 46.5. The SMILES string of the molecule is C.C#C.C#CC.C#CC#CC.C#CC#CC#C.C#CC#CC#CC.C#CC#CC#CC#CC.C#CC#CC#CC#CC#C.C#CC#CC#CC#CC#CC.C#CC#CC#CC#CC#CC#CC.CC#CC.CC#CC#CC#CC.CC#CC#CC#CC#CC#CC.N.O.O=O.OOO. The molecule has 98 heavy (non-hydrogen) atoms. The Bertz CT molecular complexity index is 4680. The zero-order valence-corrected chi connectivity index (χ0v) is 55.3. The van der Waals surface area contributed by atoms with Gasteiger partial charge in [0.05, 0.1) is 0 Å². The van der Waals surface area contributed by atoms with Gasteiger partial charge in [0.15, 0.2) is 0 Å². The summed E-state index contributed by atoms with van der Waals surface area (Å²) in [5.74, 6) is 161. The van der Waals surface area contributed by atoms with Gasteiger partial charge < -0.3 is 11.6 Å². The van der Waals surface area contributed by atoms with Gasteiger partial charge in [0.2, 0.25) is 0 Å². The third-order valence-electron chi connectivity index (χ3n) is 4.27. The summed E-state index contributed by atoms with van der Waals surface area (Å²) in [6.07, 6.45) is 55.6. The standard InChI is InChI=1S/C13H4.C12H6.C11H4.C10H2.C9H4.C8H6.C7H4.C6H2.C5H4.C4H6.C3H4.C2H2.CH4.H3N.H2O3.O2.H2O/c1-3-5-7-9-11-13-12-10-8-6-4-2;1-3-5-7-9-11-12-10-8-6-4-2;1-3-5-7-9-11-10-8-6-4-2;1-3-5-7-9-10-8-6-4-2;1-3-5-7-9-8-6-4-2;1-3-5-7-8-6-4-2;1-3-5-7-6-4-2;1-3-5-6-4-2;1-3-5-4-2;1-3-4-2;1-3-2;1-2;;;1-3-2;1-2;/h1H,2H3;1-2H3;1H,2H3;1-2H;1H,2H3;1-2H3;1H,2H3;1-2H;1H,2H3;1-2H3;1H,2H3;1-2H;1H4;1H3;1-2H;;1H2. The van der Waals surface area contributed by atoms with Crippen molar-refractivity contribution in [1.82, 2.24) is 6.15 Å². The van der Waals surface area contributed by atoms with Gasteiger partial charge >= 0.3 is 0 Å². The van der Waals surface area contributed by atoms with Crippen LogP contribution in [0.4, 0.5) is 0 Å². The van der Waals surface area contributed by atoms with Crippen molar-refractivity contribution in [3.8, 4) is 468 Å². The first kappa shape index (κ1) is 126. The van der Waals surface area contributed by atoms with Gasteiger partial charge in [-0.05, 0) is 403 Å². The minimum absolute atomic E-state index is 0. The highest BCUT2D eigenvalue weighted by molar-refractivity contribution is 5.46. The maximum atomic E-state index is 7.00. The summed E-state index contributed by atoms with van der Waals surface area (Å²) in [6, 6.07) is 0. The maximum absolute atomic E-state index is 7.00. The van der Waals surface area contributed by atoms with Gasteiger partial charge in [0, 0.05) is 9.93 Å². The van der Waals surface area contributed by atoms with Gasteiger partial charge in [0.25, 0.3) is 0 Å². The normalized spacial score (nSPS) is 3.41. The van der Waals surface area contributed by atoms with Crippen LogP contribution in [0.25, 0.3) is 0 Å². The molecule has 464 valence electrons. The summed E-state index contributed by atoms with van der Waals surface area (Å²) in [4.78, 5) is 14.0. The lowest BCUT2D eigenvalue weighted by Crippen LogP contribution is -1.60. The van der Waals surface area contributed by atoms with Crippen molar-refractivity contribution >= 4 is 0 Å². The Hall–Kier alpha value is -17.8. The van der Waals surface area contributed by atoms with E-state index in [0.717, 1.165) is 0 Å². The largest absolute Gasteiger partial charge is 0.412 e. The maximum Gasteiger partial charge on any atom is 0 e. The Balaban J connectivity index is -0.0000000493. The third-order valence-corrected chi connectivity index (χ3v) is 4.27. The van der Waals surface area contributed by atoms with Crippen molar-refractivity contribution in [2.45, 2.75) is 90.5 Å². The smallest absolute Gasteiger partial charge is 0 e. The molecule has 0 rings (SSSR count). The first-order valence-corrected chi connectivity index (χ1v) is 23.5. The summed E-state index contributed by atoms with van der Waals surface area (Å²) < 4.78 is 0. The van der Waals surface area contributed by atoms with Gasteiger partial charge in [-0.25, -0.2) is 10.5 Å². The molecule has 0 saturated carbocycles. The fourth-order valence-electron chi connectivity index (χ4n) is 1.74. The van der Waals surface area contributed by atoms with Crippen LogP contribution in [0.15, 0.2) is 0 Å². The predicted molar refractivity (Wildman–Crippen MR) is 412 cm³/mol. The number of hydrogen-bond donors (Lipinski definition) is 3. The Labute approximate surface area is 592 Å². The lowest BCUT2D eigenvalue weighted by molar-refractivity contribution is -0.465. The van der Waals surface area contributed by atoms with Gasteiger partial charge in [-0.1, -0.05) is 65.7 Å². The Morgan fingerprint density at radius 2 is 0.265 bits per heavy atom. The molecule has 0 aromatic heterocycles. The molecular weight excluding hydrogens is 1200 g/mol. The summed E-state index contributed by atoms with van der Waals surface area (Å²) >= 11 is 0. The van der Waals surface area contributed by atoms with Gasteiger partial charge in [-0.2, -0.15) is 0 Å². The zero-order chi connectivity index (χ0) is 75.4. The monoisotopic (exact) mass is 1260 g/mol. The van der Waals surface area contributed by atoms with Gasteiger partial charge in [-0.15, -0.1) is 94.8 Å². The van der Waals surface area contributed by atoms with Crippen molar-refractivity contribution in [1.29, 1.82) is 0 Å². The summed E-state index contributed by atoms with van der Waals surface area (Å²) in [6.45, 7) is 20.8. The average Bonchev–Trinajstić information content (AvgIpc) is 3.68. The molecule has 0 radical (unpaired) electrons. The van der Waals surface area contributed by atoms with E-state index in [2.05, 4.69) is 415 Å². The quantitative estimate of drug-likeness (QED) is 0.128. The third kappa shape index (κ3) is 337. The zero-order valence-electron chi connectivity index (χ0n) is 55.3. The lowest BCUT2D eigenvalue weighted by atomic mass is 10.5. The van der Waals surface area contributed by atoms with Crippen molar-refractivity contribution in [2.24, 2.45) is 0 Å². The Morgan fingerprint density at radius 3 is 0.337 bits per heavy atom. The van der Waals surface area contributed by atoms with Crippen molar-refractivity contribution in [3.63, 3.8) is 0 Å². The Kier molecular flexibility index (Phi) is 257. The highest BCUT2D eigenvalue weighted by Crippen LogP contribution is 1.60. The van der Waals surface area contributed by atoms with E-state index in [4.69, 9.17) is 78.3 Å². The first-order valence-electron chi connectivity index (χ1n) is 23.5. The molecule has 0 aliphatic heterocycles. The van der Waals surface area contributed by atoms with E-state index in [0.29, 0.717) is 0 Å². The second kappa shape index (κ2) is 200. The van der Waals surface area contributed by atoms with Crippen LogP contribution in [0, 0.1) is 478 Å². The molecule has 0 fully saturated rings. The predicted octanol–water partition coefficient (Wildman–Crippen LogP) is 7.76. The summed E-state index contributed by atoms with van der Waals surface area (Å²) in [7, 11) is 0. The molecule has 7 nitrogen and oxygen atoms in total. The molecular formula is C91H59NO6. The molecule has 0 aromatic carbocycles. The fraction of sp³-hybridized carbons (Fsp3) is 0.143. The Morgan fingerprint density at radius 1 is 0.194 bits per heavy atom. The molecule has 7 N–H and O–H groups in total. The van der Waals surface area contributed by atoms with Crippen LogP contribution in [0.2, 0.25) is 0 Å². The van der Waals surface area contributed by atoms with Crippen LogP contribution in [-0.4, -0.2) is 16.0 Å². The average molecular weight is 1260 g/mol. The van der Waals surface area contributed by atoms with E-state index < -0.39 is 0 Å². The molecule has 0 spiro atoms. The summed E-state index contributed by atoms with van der Waals surface area (Å²) in [5, 5.41) is 15.5. The van der Waals surface area contributed by atoms with E-state index in [1.54, 1.807) is 69.2 Å². The van der Waals surface area contributed by atoms with E-state index in [1.165, 1.54) is 0 Å². The molecule has 0 heterocycles. The van der Waals surface area contributed by atoms with E-state index in [9.17, 15) is 0 Å². The summed E-state index contributed by atoms with van der Waals surface area (Å²) in [5.41, 5.74) is 0. The van der Waals surface area contributed by atoms with E-state index >= 15 is 0 Å². The number of hydrogen-bond acceptors (Lipinski definition) is 6. The fourth-order valence-corrected chi connectivity index (χ4v) is 1.74. The van der Waals surface area contributed by atoms with Crippen LogP contribution in [-0.2, 0) is 5.04 Å². The topological polar surface area (TPSA) is 150 Å². The van der Waals surface area contributed by atoms with Crippen LogP contribution in [0.1, 0.15) is 90.5 Å². The molecule has 7 heteroatoms. The van der Waals surface area contributed by atoms with Crippen molar-refractivity contribution in [2.75, 3.05) is 0 Å². The molecule has 0 atom stereocenters. The molecule has 0 aliphatic carbocycles. The molecule has 0 aliphatic rings. The van der Waals surface area contributed by atoms with Gasteiger partial charge in [-0.3, -0.25) is 0 Å². The van der Waals surface area contributed by atoms with Crippen LogP contribution >= 0.6 is 0 Å². The second-order valence-electron chi connectivity index (χ2n) is 10.0. The lowest BCUT2D eigenvalue weighted by Gasteiger charge is -1.56. The minimum Gasteiger partial charge on any atom is -0.412 e. The van der Waals surface area contributed by atoms with E-state index in [-0.39, 0.29) is 19.1 Å². The van der Waals surface area contributed by atoms with Crippen LogP contribution < -0.4 is 6.15 Å². The molecule has 0 unspecified atom stereocenters. The van der Waals surface area contributed by atoms with E-state index in [1.807, 2.05) is 13.8 Å². The number of terminal acetylenes is 11. The van der Waals surface area contributed by atoms with Gasteiger partial charge in [0.1, 0.15) is 0 Å².